The highest BCUT2D eigenvalue weighted by Gasteiger charge is 2.23. The van der Waals surface area contributed by atoms with Crippen molar-refractivity contribution in [1.82, 2.24) is 24.8 Å². The van der Waals surface area contributed by atoms with Gasteiger partial charge in [0.2, 0.25) is 11.8 Å². The van der Waals surface area contributed by atoms with Gasteiger partial charge in [-0.2, -0.15) is 4.98 Å². The van der Waals surface area contributed by atoms with E-state index in [1.54, 1.807) is 0 Å². The van der Waals surface area contributed by atoms with E-state index in [0.29, 0.717) is 24.8 Å². The van der Waals surface area contributed by atoms with E-state index in [-0.39, 0.29) is 37.3 Å². The molecule has 144 valence electrons. The van der Waals surface area contributed by atoms with Crippen LogP contribution in [0.1, 0.15) is 31.0 Å². The van der Waals surface area contributed by atoms with E-state index in [1.165, 1.54) is 6.42 Å². The molecule has 3 rings (SSSR count). The first-order valence-electron chi connectivity index (χ1n) is 8.48. The zero-order chi connectivity index (χ0) is 16.1. The van der Waals surface area contributed by atoms with E-state index in [4.69, 9.17) is 10.3 Å². The van der Waals surface area contributed by atoms with Crippen LogP contribution in [-0.2, 0) is 17.9 Å². The zero-order valence-corrected chi connectivity index (χ0v) is 16.1. The molecule has 0 atom stereocenters. The summed E-state index contributed by atoms with van der Waals surface area (Å²) in [4.78, 5) is 23.1. The molecule has 0 spiro atoms. The van der Waals surface area contributed by atoms with E-state index in [2.05, 4.69) is 19.9 Å². The lowest BCUT2D eigenvalue weighted by Crippen LogP contribution is -2.50. The molecule has 2 saturated heterocycles. The fourth-order valence-corrected chi connectivity index (χ4v) is 3.18. The van der Waals surface area contributed by atoms with Gasteiger partial charge in [-0.25, -0.2) is 0 Å². The van der Waals surface area contributed by atoms with Crippen molar-refractivity contribution in [3.8, 4) is 0 Å². The molecule has 2 aliphatic rings. The Morgan fingerprint density at radius 1 is 1.00 bits per heavy atom. The third kappa shape index (κ3) is 6.38. The number of amides is 1. The average Bonchev–Trinajstić information content (AvgIpc) is 3.05. The summed E-state index contributed by atoms with van der Waals surface area (Å²) in [5.41, 5.74) is 5.47. The first-order valence-corrected chi connectivity index (χ1v) is 8.48. The monoisotopic (exact) mass is 394 g/mol. The second kappa shape index (κ2) is 10.9. The number of piperidine rings is 1. The number of aromatic nitrogens is 2. The smallest absolute Gasteiger partial charge is 0.240 e. The number of nitrogens with zero attached hydrogens (tertiary/aromatic N) is 5. The molecule has 2 fully saturated rings. The van der Waals surface area contributed by atoms with Gasteiger partial charge in [0.05, 0.1) is 19.6 Å². The zero-order valence-electron chi connectivity index (χ0n) is 14.4. The minimum Gasteiger partial charge on any atom is -0.342 e. The van der Waals surface area contributed by atoms with Gasteiger partial charge in [-0.05, 0) is 19.3 Å². The van der Waals surface area contributed by atoms with Crippen molar-refractivity contribution in [2.24, 2.45) is 5.73 Å². The van der Waals surface area contributed by atoms with Gasteiger partial charge in [-0.1, -0.05) is 5.16 Å². The van der Waals surface area contributed by atoms with Crippen LogP contribution in [0, 0.1) is 0 Å². The van der Waals surface area contributed by atoms with Crippen LogP contribution in [0.4, 0.5) is 0 Å². The minimum absolute atomic E-state index is 0. The third-order valence-electron chi connectivity index (χ3n) is 4.58. The Balaban J connectivity index is 0.00000156. The Labute approximate surface area is 160 Å². The summed E-state index contributed by atoms with van der Waals surface area (Å²) in [6.45, 7) is 7.01. The molecule has 1 aromatic rings. The molecule has 0 aromatic carbocycles. The Morgan fingerprint density at radius 3 is 2.24 bits per heavy atom. The normalized spacial score (nSPS) is 19.2. The van der Waals surface area contributed by atoms with Gasteiger partial charge in [0.25, 0.3) is 0 Å². The molecule has 0 radical (unpaired) electrons. The Kier molecular flexibility index (Phi) is 9.66. The van der Waals surface area contributed by atoms with E-state index in [0.717, 1.165) is 52.1 Å². The van der Waals surface area contributed by atoms with Crippen LogP contribution in [0.15, 0.2) is 4.52 Å². The molecule has 8 nitrogen and oxygen atoms in total. The standard InChI is InChI=1S/C15H26N6O2.2ClH/c16-10-14-17-13(18-23-14)11-19-6-8-20(9-7-19)12-15(22)21-4-2-1-3-5-21;;/h1-12,16H2;2*1H. The van der Waals surface area contributed by atoms with Crippen LogP contribution in [-0.4, -0.2) is 76.6 Å². The molecule has 3 heterocycles. The fourth-order valence-electron chi connectivity index (χ4n) is 3.18. The quantitative estimate of drug-likeness (QED) is 0.776. The average molecular weight is 395 g/mol. The molecule has 2 N–H and O–H groups in total. The van der Waals surface area contributed by atoms with Crippen molar-refractivity contribution >= 4 is 30.7 Å². The highest BCUT2D eigenvalue weighted by molar-refractivity contribution is 5.85. The van der Waals surface area contributed by atoms with Gasteiger partial charge in [-0.3, -0.25) is 14.6 Å². The summed E-state index contributed by atoms with van der Waals surface area (Å²) in [5.74, 6) is 1.44. The summed E-state index contributed by atoms with van der Waals surface area (Å²) in [6.07, 6.45) is 3.55. The van der Waals surface area contributed by atoms with Crippen molar-refractivity contribution < 1.29 is 9.32 Å². The summed E-state index contributed by atoms with van der Waals surface area (Å²) in [6, 6.07) is 0. The van der Waals surface area contributed by atoms with Crippen LogP contribution in [0.5, 0.6) is 0 Å². The third-order valence-corrected chi connectivity index (χ3v) is 4.58. The fraction of sp³-hybridized carbons (Fsp3) is 0.800. The highest BCUT2D eigenvalue weighted by atomic mass is 35.5. The topological polar surface area (TPSA) is 91.7 Å². The van der Waals surface area contributed by atoms with Crippen molar-refractivity contribution in [3.05, 3.63) is 11.7 Å². The summed E-state index contributed by atoms with van der Waals surface area (Å²) >= 11 is 0. The Hall–Kier alpha value is -0.930. The van der Waals surface area contributed by atoms with Gasteiger partial charge in [0, 0.05) is 39.3 Å². The van der Waals surface area contributed by atoms with Crippen LogP contribution in [0.3, 0.4) is 0 Å². The number of halogens is 2. The van der Waals surface area contributed by atoms with Crippen LogP contribution in [0.2, 0.25) is 0 Å². The number of likely N-dealkylation sites (tertiary alicyclic amines) is 1. The first kappa shape index (κ1) is 22.1. The number of carbonyl (C=O) groups is 1. The van der Waals surface area contributed by atoms with Crippen molar-refractivity contribution in [3.63, 3.8) is 0 Å². The molecule has 1 amide bonds. The Morgan fingerprint density at radius 2 is 1.64 bits per heavy atom. The molecule has 0 saturated carbocycles. The number of hydrogen-bond acceptors (Lipinski definition) is 7. The molecule has 1 aromatic heterocycles. The maximum atomic E-state index is 12.3. The van der Waals surface area contributed by atoms with Crippen LogP contribution in [0.25, 0.3) is 0 Å². The number of hydrogen-bond donors (Lipinski definition) is 1. The van der Waals surface area contributed by atoms with Crippen molar-refractivity contribution in [2.75, 3.05) is 45.8 Å². The molecular weight excluding hydrogens is 367 g/mol. The second-order valence-electron chi connectivity index (χ2n) is 6.30. The van der Waals surface area contributed by atoms with E-state index < -0.39 is 0 Å². The predicted molar refractivity (Wildman–Crippen MR) is 98.8 cm³/mol. The van der Waals surface area contributed by atoms with Gasteiger partial charge in [-0.15, -0.1) is 24.8 Å². The summed E-state index contributed by atoms with van der Waals surface area (Å²) in [5, 5.41) is 3.93. The van der Waals surface area contributed by atoms with E-state index in [9.17, 15) is 4.79 Å². The molecule has 2 aliphatic heterocycles. The molecule has 0 bridgehead atoms. The SMILES string of the molecule is Cl.Cl.NCc1nc(CN2CCN(CC(=O)N3CCCCC3)CC2)no1. The lowest BCUT2D eigenvalue weighted by Gasteiger charge is -2.35. The van der Waals surface area contributed by atoms with Crippen LogP contribution < -0.4 is 5.73 Å². The largest absolute Gasteiger partial charge is 0.342 e. The maximum absolute atomic E-state index is 12.3. The van der Waals surface area contributed by atoms with E-state index >= 15 is 0 Å². The highest BCUT2D eigenvalue weighted by Crippen LogP contribution is 2.11. The molecule has 0 aliphatic carbocycles. The number of rotatable bonds is 5. The van der Waals surface area contributed by atoms with Gasteiger partial charge in [0.15, 0.2) is 5.82 Å². The van der Waals surface area contributed by atoms with Crippen molar-refractivity contribution in [2.45, 2.75) is 32.4 Å². The Bertz CT molecular complexity index is 516. The first-order chi connectivity index (χ1) is 11.2. The molecule has 25 heavy (non-hydrogen) atoms. The second-order valence-corrected chi connectivity index (χ2v) is 6.30. The van der Waals surface area contributed by atoms with Gasteiger partial charge in [0.1, 0.15) is 0 Å². The lowest BCUT2D eigenvalue weighted by atomic mass is 10.1. The summed E-state index contributed by atoms with van der Waals surface area (Å²) < 4.78 is 5.02. The molecule has 10 heteroatoms. The molecule has 0 unspecified atom stereocenters. The molecular formula is C15H28Cl2N6O2. The number of piperazine rings is 1. The predicted octanol–water partition coefficient (Wildman–Crippen LogP) is 0.502. The maximum Gasteiger partial charge on any atom is 0.240 e. The van der Waals surface area contributed by atoms with Gasteiger partial charge >= 0.3 is 0 Å². The summed E-state index contributed by atoms with van der Waals surface area (Å²) in [7, 11) is 0. The van der Waals surface area contributed by atoms with Gasteiger partial charge < -0.3 is 15.2 Å². The number of nitrogens with two attached hydrogens (primary N) is 1. The lowest BCUT2D eigenvalue weighted by molar-refractivity contribution is -0.133. The minimum atomic E-state index is 0. The van der Waals surface area contributed by atoms with E-state index in [1.807, 2.05) is 4.90 Å². The number of carbonyl (C=O) groups excluding carboxylic acids is 1. The van der Waals surface area contributed by atoms with Crippen molar-refractivity contribution in [1.29, 1.82) is 0 Å². The van der Waals surface area contributed by atoms with Crippen LogP contribution >= 0.6 is 24.8 Å².